The van der Waals surface area contributed by atoms with Gasteiger partial charge < -0.3 is 10.4 Å². The van der Waals surface area contributed by atoms with Crippen molar-refractivity contribution in [2.75, 3.05) is 6.61 Å². The van der Waals surface area contributed by atoms with Crippen molar-refractivity contribution in [3.8, 4) is 5.69 Å². The first-order chi connectivity index (χ1) is 10.0. The molecule has 2 N–H and O–H groups in total. The van der Waals surface area contributed by atoms with Gasteiger partial charge in [-0.1, -0.05) is 6.92 Å². The zero-order valence-corrected chi connectivity index (χ0v) is 12.0. The zero-order chi connectivity index (χ0) is 15.4. The molecule has 2 rings (SSSR count). The van der Waals surface area contributed by atoms with Gasteiger partial charge in [0.15, 0.2) is 5.69 Å². The van der Waals surface area contributed by atoms with E-state index in [0.717, 1.165) is 5.69 Å². The van der Waals surface area contributed by atoms with Crippen molar-refractivity contribution >= 4 is 5.91 Å². The lowest BCUT2D eigenvalue weighted by Crippen LogP contribution is -2.37. The molecule has 0 saturated heterocycles. The summed E-state index contributed by atoms with van der Waals surface area (Å²) in [7, 11) is 0. The fourth-order valence-electron chi connectivity index (χ4n) is 1.97. The second kappa shape index (κ2) is 6.49. The molecule has 112 valence electrons. The molecule has 0 fully saturated rings. The topological polar surface area (TPSA) is 67.2 Å². The van der Waals surface area contributed by atoms with Gasteiger partial charge in [0.05, 0.1) is 18.3 Å². The molecule has 5 nitrogen and oxygen atoms in total. The lowest BCUT2D eigenvalue weighted by Gasteiger charge is -2.12. The lowest BCUT2D eigenvalue weighted by atomic mass is 10.2. The van der Waals surface area contributed by atoms with E-state index in [-0.39, 0.29) is 30.1 Å². The van der Waals surface area contributed by atoms with Gasteiger partial charge in [0.25, 0.3) is 5.91 Å². The summed E-state index contributed by atoms with van der Waals surface area (Å²) in [6, 6.07) is 7.25. The minimum Gasteiger partial charge on any atom is -0.394 e. The van der Waals surface area contributed by atoms with Crippen LogP contribution in [0.15, 0.2) is 30.3 Å². The van der Waals surface area contributed by atoms with Crippen LogP contribution in [-0.4, -0.2) is 33.4 Å². The largest absolute Gasteiger partial charge is 0.394 e. The second-order valence-electron chi connectivity index (χ2n) is 4.82. The van der Waals surface area contributed by atoms with E-state index in [2.05, 4.69) is 10.4 Å². The Morgan fingerprint density at radius 2 is 2.10 bits per heavy atom. The highest BCUT2D eigenvalue weighted by atomic mass is 19.1. The highest BCUT2D eigenvalue weighted by molar-refractivity contribution is 5.92. The number of nitrogens with one attached hydrogen (secondary N) is 1. The van der Waals surface area contributed by atoms with Crippen LogP contribution in [0, 0.1) is 12.7 Å². The van der Waals surface area contributed by atoms with Gasteiger partial charge in [0.1, 0.15) is 5.82 Å². The average molecular weight is 291 g/mol. The molecule has 1 aromatic heterocycles. The van der Waals surface area contributed by atoms with Crippen LogP contribution in [0.2, 0.25) is 0 Å². The first-order valence-electron chi connectivity index (χ1n) is 6.79. The number of carbonyl (C=O) groups is 1. The van der Waals surface area contributed by atoms with Crippen molar-refractivity contribution in [1.29, 1.82) is 0 Å². The molecule has 0 aliphatic carbocycles. The third-order valence-corrected chi connectivity index (χ3v) is 3.24. The van der Waals surface area contributed by atoms with Crippen LogP contribution in [0.25, 0.3) is 5.69 Å². The van der Waals surface area contributed by atoms with E-state index in [9.17, 15) is 9.18 Å². The first kappa shape index (κ1) is 15.2. The maximum Gasteiger partial charge on any atom is 0.272 e. The van der Waals surface area contributed by atoms with Crippen LogP contribution in [-0.2, 0) is 0 Å². The molecule has 1 atom stereocenters. The van der Waals surface area contributed by atoms with Crippen molar-refractivity contribution < 1.29 is 14.3 Å². The van der Waals surface area contributed by atoms with Gasteiger partial charge >= 0.3 is 0 Å². The van der Waals surface area contributed by atoms with E-state index in [1.165, 1.54) is 12.1 Å². The Hall–Kier alpha value is -2.21. The predicted molar refractivity (Wildman–Crippen MR) is 76.9 cm³/mol. The SMILES string of the molecule is CCC(CO)NC(=O)c1cc(C)n(-c2ccc(F)cc2)n1. The van der Waals surface area contributed by atoms with Crippen molar-refractivity contribution in [3.05, 3.63) is 47.5 Å². The van der Waals surface area contributed by atoms with Crippen LogP contribution in [0.3, 0.4) is 0 Å². The molecule has 6 heteroatoms. The fraction of sp³-hybridized carbons (Fsp3) is 0.333. The highest BCUT2D eigenvalue weighted by Crippen LogP contribution is 2.13. The van der Waals surface area contributed by atoms with E-state index in [4.69, 9.17) is 5.11 Å². The van der Waals surface area contributed by atoms with E-state index in [0.29, 0.717) is 12.1 Å². The number of hydrogen-bond acceptors (Lipinski definition) is 3. The van der Waals surface area contributed by atoms with E-state index < -0.39 is 0 Å². The third-order valence-electron chi connectivity index (χ3n) is 3.24. The molecule has 0 aliphatic heterocycles. The summed E-state index contributed by atoms with van der Waals surface area (Å²) in [6.07, 6.45) is 0.639. The quantitative estimate of drug-likeness (QED) is 0.883. The van der Waals surface area contributed by atoms with Gasteiger partial charge in [-0.05, 0) is 43.7 Å². The molecular weight excluding hydrogens is 273 g/mol. The van der Waals surface area contributed by atoms with Crippen molar-refractivity contribution in [2.24, 2.45) is 0 Å². The average Bonchev–Trinajstić information content (AvgIpc) is 2.87. The molecule has 21 heavy (non-hydrogen) atoms. The van der Waals surface area contributed by atoms with Crippen LogP contribution < -0.4 is 5.32 Å². The number of aliphatic hydroxyl groups is 1. The normalized spacial score (nSPS) is 12.2. The number of hydrogen-bond donors (Lipinski definition) is 2. The third kappa shape index (κ3) is 3.46. The maximum atomic E-state index is 12.9. The van der Waals surface area contributed by atoms with Crippen molar-refractivity contribution in [2.45, 2.75) is 26.3 Å². The molecular formula is C15H18FN3O2. The Morgan fingerprint density at radius 3 is 2.67 bits per heavy atom. The van der Waals surface area contributed by atoms with Gasteiger partial charge in [-0.25, -0.2) is 9.07 Å². The van der Waals surface area contributed by atoms with E-state index >= 15 is 0 Å². The number of halogens is 1. The van der Waals surface area contributed by atoms with Gasteiger partial charge in [-0.2, -0.15) is 5.10 Å². The summed E-state index contributed by atoms with van der Waals surface area (Å²) in [4.78, 5) is 12.1. The van der Waals surface area contributed by atoms with Crippen LogP contribution in [0.1, 0.15) is 29.5 Å². The number of rotatable bonds is 5. The Bertz CT molecular complexity index is 618. The Balaban J connectivity index is 2.22. The first-order valence-corrected chi connectivity index (χ1v) is 6.79. The van der Waals surface area contributed by atoms with Gasteiger partial charge in [-0.3, -0.25) is 4.79 Å². The molecule has 1 amide bonds. The number of carbonyl (C=O) groups excluding carboxylic acids is 1. The lowest BCUT2D eigenvalue weighted by molar-refractivity contribution is 0.0909. The summed E-state index contributed by atoms with van der Waals surface area (Å²) >= 11 is 0. The molecule has 0 aliphatic rings. The van der Waals surface area contributed by atoms with Crippen LogP contribution in [0.4, 0.5) is 4.39 Å². The molecule has 2 aromatic rings. The molecule has 0 spiro atoms. The summed E-state index contributed by atoms with van der Waals surface area (Å²) in [6.45, 7) is 3.58. The molecule has 0 bridgehead atoms. The standard InChI is InChI=1S/C15H18FN3O2/c1-3-12(9-20)17-15(21)14-8-10(2)19(18-14)13-6-4-11(16)5-7-13/h4-8,12,20H,3,9H2,1-2H3,(H,17,21). The number of benzene rings is 1. The Kier molecular flexibility index (Phi) is 4.70. The summed E-state index contributed by atoms with van der Waals surface area (Å²) < 4.78 is 14.5. The minimum absolute atomic E-state index is 0.111. The second-order valence-corrected chi connectivity index (χ2v) is 4.82. The number of aliphatic hydroxyl groups excluding tert-OH is 1. The molecule has 1 heterocycles. The van der Waals surface area contributed by atoms with Gasteiger partial charge in [0.2, 0.25) is 0 Å². The predicted octanol–water partition coefficient (Wildman–Crippen LogP) is 1.82. The number of amides is 1. The molecule has 1 unspecified atom stereocenters. The molecule has 0 saturated carbocycles. The number of aromatic nitrogens is 2. The minimum atomic E-state index is -0.333. The van der Waals surface area contributed by atoms with Crippen LogP contribution >= 0.6 is 0 Å². The monoisotopic (exact) mass is 291 g/mol. The van der Waals surface area contributed by atoms with Crippen molar-refractivity contribution in [1.82, 2.24) is 15.1 Å². The van der Waals surface area contributed by atoms with Gasteiger partial charge in [0, 0.05) is 5.69 Å². The summed E-state index contributed by atoms with van der Waals surface area (Å²) in [5, 5.41) is 16.1. The van der Waals surface area contributed by atoms with E-state index in [1.54, 1.807) is 22.9 Å². The highest BCUT2D eigenvalue weighted by Gasteiger charge is 2.16. The fourth-order valence-corrected chi connectivity index (χ4v) is 1.97. The molecule has 0 radical (unpaired) electrons. The summed E-state index contributed by atoms with van der Waals surface area (Å²) in [5.41, 5.74) is 1.72. The smallest absolute Gasteiger partial charge is 0.272 e. The number of aryl methyl sites for hydroxylation is 1. The van der Waals surface area contributed by atoms with E-state index in [1.807, 2.05) is 13.8 Å². The number of nitrogens with zero attached hydrogens (tertiary/aromatic N) is 2. The molecule has 1 aromatic carbocycles. The maximum absolute atomic E-state index is 12.9. The van der Waals surface area contributed by atoms with Crippen LogP contribution in [0.5, 0.6) is 0 Å². The van der Waals surface area contributed by atoms with Crippen molar-refractivity contribution in [3.63, 3.8) is 0 Å². The Labute approximate surface area is 122 Å². The zero-order valence-electron chi connectivity index (χ0n) is 12.0. The van der Waals surface area contributed by atoms with Gasteiger partial charge in [-0.15, -0.1) is 0 Å². The Morgan fingerprint density at radius 1 is 1.43 bits per heavy atom. The summed E-state index contributed by atoms with van der Waals surface area (Å²) in [5.74, 6) is -0.657.